The van der Waals surface area contributed by atoms with Gasteiger partial charge in [-0.1, -0.05) is 227 Å². The Balaban J connectivity index is 4.45. The maximum absolute atomic E-state index is 12.8. The quantitative estimate of drug-likeness (QED) is 0.0262. The molecule has 0 aliphatic heterocycles. The Hall–Kier alpha value is -3.67. The maximum atomic E-state index is 12.8. The number of hydrogen-bond donors (Lipinski definition) is 0. The predicted molar refractivity (Wildman–Crippen MR) is 274 cm³/mol. The molecule has 0 aromatic rings. The van der Waals surface area contributed by atoms with Crippen LogP contribution in [0.25, 0.3) is 0 Å². The second-order valence-electron chi connectivity index (χ2n) is 17.2. The number of rotatable bonds is 46. The molecular formula is C58H96O6. The second-order valence-corrected chi connectivity index (χ2v) is 17.2. The first kappa shape index (κ1) is 60.3. The van der Waals surface area contributed by atoms with Crippen LogP contribution in [0.4, 0.5) is 0 Å². The smallest absolute Gasteiger partial charge is 0.306 e. The lowest BCUT2D eigenvalue weighted by Crippen LogP contribution is -2.30. The van der Waals surface area contributed by atoms with Gasteiger partial charge < -0.3 is 14.2 Å². The number of ether oxygens (including phenoxy) is 3. The molecule has 6 nitrogen and oxygen atoms in total. The molecule has 0 aromatic heterocycles. The molecule has 1 atom stereocenters. The molecule has 0 saturated heterocycles. The molecule has 0 heterocycles. The normalized spacial score (nSPS) is 12.9. The second kappa shape index (κ2) is 52.0. The third-order valence-electron chi connectivity index (χ3n) is 11.0. The van der Waals surface area contributed by atoms with Crippen LogP contribution in [0.5, 0.6) is 0 Å². The van der Waals surface area contributed by atoms with E-state index in [-0.39, 0.29) is 31.1 Å². The van der Waals surface area contributed by atoms with Crippen molar-refractivity contribution in [3.8, 4) is 0 Å². The van der Waals surface area contributed by atoms with E-state index in [1.54, 1.807) is 0 Å². The SMILES string of the molecule is CC\C=C/C=C\C=C/CCCCCCCCCC(=O)OC(COC(=O)CCCCCCC\C=C/C=C\C=C/CC)COC(=O)CCCCCCC/C=C\C=C/CCCCCCCCC. The van der Waals surface area contributed by atoms with E-state index in [1.165, 1.54) is 70.6 Å². The fourth-order valence-corrected chi connectivity index (χ4v) is 7.02. The van der Waals surface area contributed by atoms with Gasteiger partial charge in [-0.05, 0) is 83.5 Å². The number of hydrogen-bond acceptors (Lipinski definition) is 6. The Kier molecular flexibility index (Phi) is 49.0. The largest absolute Gasteiger partial charge is 0.462 e. The first-order valence-electron chi connectivity index (χ1n) is 26.3. The molecule has 0 spiro atoms. The summed E-state index contributed by atoms with van der Waals surface area (Å²) in [6.45, 7) is 6.32. The van der Waals surface area contributed by atoms with Crippen molar-refractivity contribution in [2.45, 2.75) is 239 Å². The first-order valence-corrected chi connectivity index (χ1v) is 26.3. The van der Waals surface area contributed by atoms with E-state index >= 15 is 0 Å². The van der Waals surface area contributed by atoms with Crippen LogP contribution in [-0.4, -0.2) is 37.2 Å². The fourth-order valence-electron chi connectivity index (χ4n) is 7.02. The number of carbonyl (C=O) groups is 3. The zero-order valence-electron chi connectivity index (χ0n) is 41.5. The monoisotopic (exact) mass is 889 g/mol. The van der Waals surface area contributed by atoms with Gasteiger partial charge in [-0.2, -0.15) is 0 Å². The van der Waals surface area contributed by atoms with Crippen LogP contribution >= 0.6 is 0 Å². The van der Waals surface area contributed by atoms with E-state index in [9.17, 15) is 14.4 Å². The molecule has 0 aliphatic carbocycles. The summed E-state index contributed by atoms with van der Waals surface area (Å²) in [5.41, 5.74) is 0. The zero-order valence-corrected chi connectivity index (χ0v) is 41.5. The van der Waals surface area contributed by atoms with Gasteiger partial charge >= 0.3 is 17.9 Å². The van der Waals surface area contributed by atoms with Gasteiger partial charge in [0.15, 0.2) is 6.10 Å². The molecule has 0 N–H and O–H groups in total. The van der Waals surface area contributed by atoms with Crippen LogP contribution < -0.4 is 0 Å². The summed E-state index contributed by atoms with van der Waals surface area (Å²) in [5.74, 6) is -0.947. The number of esters is 3. The molecule has 364 valence electrons. The molecule has 0 aliphatic rings. The average molecular weight is 889 g/mol. The summed E-state index contributed by atoms with van der Waals surface area (Å²) in [7, 11) is 0. The van der Waals surface area contributed by atoms with Crippen LogP contribution in [-0.2, 0) is 28.6 Å². The van der Waals surface area contributed by atoms with Crippen molar-refractivity contribution in [1.82, 2.24) is 0 Å². The van der Waals surface area contributed by atoms with E-state index in [2.05, 4.69) is 118 Å². The van der Waals surface area contributed by atoms with E-state index in [0.29, 0.717) is 19.3 Å². The predicted octanol–water partition coefficient (Wildman–Crippen LogP) is 17.4. The van der Waals surface area contributed by atoms with Gasteiger partial charge in [0, 0.05) is 19.3 Å². The molecule has 0 fully saturated rings. The lowest BCUT2D eigenvalue weighted by atomic mass is 10.1. The highest BCUT2D eigenvalue weighted by Crippen LogP contribution is 2.14. The molecule has 0 bridgehead atoms. The molecular weight excluding hydrogens is 793 g/mol. The molecule has 0 saturated carbocycles. The van der Waals surface area contributed by atoms with Crippen molar-refractivity contribution < 1.29 is 28.6 Å². The summed E-state index contributed by atoms with van der Waals surface area (Å²) < 4.78 is 16.8. The van der Waals surface area contributed by atoms with Gasteiger partial charge in [0.25, 0.3) is 0 Å². The van der Waals surface area contributed by atoms with Crippen molar-refractivity contribution in [2.24, 2.45) is 0 Å². The average Bonchev–Trinajstić information content (AvgIpc) is 3.29. The number of allylic oxidation sites excluding steroid dienone is 16. The van der Waals surface area contributed by atoms with Crippen LogP contribution in [0.2, 0.25) is 0 Å². The first-order chi connectivity index (χ1) is 31.5. The summed E-state index contributed by atoms with van der Waals surface area (Å²) in [5, 5.41) is 0. The Morgan fingerprint density at radius 2 is 0.609 bits per heavy atom. The topological polar surface area (TPSA) is 78.9 Å². The Labute approximate surface area is 394 Å². The molecule has 64 heavy (non-hydrogen) atoms. The van der Waals surface area contributed by atoms with Gasteiger partial charge in [-0.3, -0.25) is 14.4 Å². The molecule has 0 aromatic carbocycles. The fraction of sp³-hybridized carbons (Fsp3) is 0.672. The highest BCUT2D eigenvalue weighted by Gasteiger charge is 2.19. The third kappa shape index (κ3) is 49.3. The van der Waals surface area contributed by atoms with Crippen LogP contribution in [0.15, 0.2) is 97.2 Å². The molecule has 1 unspecified atom stereocenters. The Morgan fingerprint density at radius 3 is 0.953 bits per heavy atom. The lowest BCUT2D eigenvalue weighted by molar-refractivity contribution is -0.167. The third-order valence-corrected chi connectivity index (χ3v) is 11.0. The van der Waals surface area contributed by atoms with Crippen LogP contribution in [0, 0.1) is 0 Å². The van der Waals surface area contributed by atoms with Gasteiger partial charge in [-0.15, -0.1) is 0 Å². The minimum atomic E-state index is -0.800. The van der Waals surface area contributed by atoms with Crippen LogP contribution in [0.1, 0.15) is 233 Å². The highest BCUT2D eigenvalue weighted by atomic mass is 16.6. The van der Waals surface area contributed by atoms with E-state index in [1.807, 2.05) is 0 Å². The molecule has 0 amide bonds. The summed E-state index contributed by atoms with van der Waals surface area (Å²) in [6.07, 6.45) is 68.2. The summed E-state index contributed by atoms with van der Waals surface area (Å²) >= 11 is 0. The van der Waals surface area contributed by atoms with Crippen LogP contribution in [0.3, 0.4) is 0 Å². The Morgan fingerprint density at radius 1 is 0.328 bits per heavy atom. The van der Waals surface area contributed by atoms with E-state index < -0.39 is 6.10 Å². The van der Waals surface area contributed by atoms with Crippen molar-refractivity contribution in [2.75, 3.05) is 13.2 Å². The van der Waals surface area contributed by atoms with Crippen molar-refractivity contribution >= 4 is 17.9 Å². The minimum absolute atomic E-state index is 0.0985. The summed E-state index contributed by atoms with van der Waals surface area (Å²) in [6, 6.07) is 0. The molecule has 0 radical (unpaired) electrons. The van der Waals surface area contributed by atoms with Gasteiger partial charge in [0.05, 0.1) is 0 Å². The van der Waals surface area contributed by atoms with Gasteiger partial charge in [-0.25, -0.2) is 0 Å². The van der Waals surface area contributed by atoms with Crippen molar-refractivity contribution in [3.63, 3.8) is 0 Å². The number of unbranched alkanes of at least 4 members (excludes halogenated alkanes) is 24. The maximum Gasteiger partial charge on any atom is 0.306 e. The molecule has 0 rings (SSSR count). The van der Waals surface area contributed by atoms with Crippen molar-refractivity contribution in [3.05, 3.63) is 97.2 Å². The summed E-state index contributed by atoms with van der Waals surface area (Å²) in [4.78, 5) is 38.0. The minimum Gasteiger partial charge on any atom is -0.462 e. The highest BCUT2D eigenvalue weighted by molar-refractivity contribution is 5.71. The van der Waals surface area contributed by atoms with E-state index in [0.717, 1.165) is 122 Å². The number of carbonyl (C=O) groups excluding carboxylic acids is 3. The van der Waals surface area contributed by atoms with Crippen molar-refractivity contribution in [1.29, 1.82) is 0 Å². The molecule has 6 heteroatoms. The van der Waals surface area contributed by atoms with Gasteiger partial charge in [0.1, 0.15) is 13.2 Å². The standard InChI is InChI=1S/C58H96O6/c1-4-7-10-13-16-19-22-25-27-28-29-31-33-36-39-42-45-48-51-57(60)63-54-55(53-62-56(59)50-47-44-41-38-35-32-24-21-18-15-12-9-6-3)64-58(61)52-49-46-43-40-37-34-30-26-23-20-17-14-11-8-5-2/h8-9,11-12,14-15,17-18,20-21,23-24,27-29,31,55H,4-7,10,13,16,19,22,25-26,30,32-54H2,1-3H3/b11-8-,12-9-,17-14-,18-15-,23-20-,24-21-,28-27-,31-29-. The lowest BCUT2D eigenvalue weighted by Gasteiger charge is -2.18. The zero-order chi connectivity index (χ0) is 46.5. The van der Waals surface area contributed by atoms with Gasteiger partial charge in [0.2, 0.25) is 0 Å². The Bertz CT molecular complexity index is 1300. The van der Waals surface area contributed by atoms with E-state index in [4.69, 9.17) is 14.2 Å².